The fourth-order valence-corrected chi connectivity index (χ4v) is 5.01. The van der Waals surface area contributed by atoms with Crippen molar-refractivity contribution in [1.29, 1.82) is 0 Å². The van der Waals surface area contributed by atoms with Gasteiger partial charge in [0, 0.05) is 6.42 Å². The Hall–Kier alpha value is -2.42. The van der Waals surface area contributed by atoms with Crippen LogP contribution in [0.5, 0.6) is 5.75 Å². The van der Waals surface area contributed by atoms with Gasteiger partial charge in [-0.25, -0.2) is 0 Å². The Labute approximate surface area is 206 Å². The van der Waals surface area contributed by atoms with Crippen molar-refractivity contribution in [3.8, 4) is 5.75 Å². The molecule has 3 fully saturated rings. The van der Waals surface area contributed by atoms with Crippen molar-refractivity contribution in [2.24, 2.45) is 0 Å². The molecule has 3 saturated heterocycles. The molecule has 0 aliphatic carbocycles. The number of hydrogen-bond donors (Lipinski definition) is 0. The fourth-order valence-electron chi connectivity index (χ4n) is 5.01. The average Bonchev–Trinajstić information content (AvgIpc) is 3.05. The fraction of sp³-hybridized carbons (Fsp3) is 0.500. The number of fused-ring (bicyclic) bond motifs is 2. The normalized spacial score (nSPS) is 31.7. The van der Waals surface area contributed by atoms with Crippen LogP contribution in [0.2, 0.25) is 0 Å². The summed E-state index contributed by atoms with van der Waals surface area (Å²) in [6, 6.07) is 17.9. The summed E-state index contributed by atoms with van der Waals surface area (Å²) in [7, 11) is 1.65. The van der Waals surface area contributed by atoms with Crippen LogP contribution >= 0.6 is 0 Å². The largest absolute Gasteiger partial charge is 0.497 e. The molecule has 3 aliphatic rings. The second kappa shape index (κ2) is 10.3. The molecular weight excluding hydrogens is 448 g/mol. The Kier molecular flexibility index (Phi) is 7.14. The van der Waals surface area contributed by atoms with Crippen molar-refractivity contribution in [2.45, 2.75) is 75.9 Å². The van der Waals surface area contributed by atoms with E-state index in [0.29, 0.717) is 32.0 Å². The summed E-state index contributed by atoms with van der Waals surface area (Å²) in [6.45, 7) is 9.27. The molecule has 0 aromatic heterocycles. The van der Waals surface area contributed by atoms with E-state index < -0.39 is 18.0 Å². The zero-order valence-electron chi connectivity index (χ0n) is 20.6. The smallest absolute Gasteiger partial charge is 0.163 e. The molecule has 0 radical (unpaired) electrons. The number of methoxy groups -OCH3 is 1. The van der Waals surface area contributed by atoms with Crippen molar-refractivity contribution >= 4 is 0 Å². The summed E-state index contributed by atoms with van der Waals surface area (Å²) in [5.41, 5.74) is 2.09. The van der Waals surface area contributed by atoms with Crippen LogP contribution < -0.4 is 4.74 Å². The number of hydrogen-bond acceptors (Lipinski definition) is 7. The van der Waals surface area contributed by atoms with Crippen molar-refractivity contribution in [3.63, 3.8) is 0 Å². The minimum Gasteiger partial charge on any atom is -0.497 e. The highest BCUT2D eigenvalue weighted by Gasteiger charge is 2.52. The SMILES string of the molecule is C=C1O[C@H]2C[C@@H]3OC(C)(C)O[C@@H]3CO[C@@H]2[C@@H](OCc2ccccc2)[C@@H]1OCc1ccc(OC)cc1. The zero-order valence-corrected chi connectivity index (χ0v) is 20.6. The maximum absolute atomic E-state index is 6.47. The zero-order chi connectivity index (χ0) is 24.4. The third kappa shape index (κ3) is 5.55. The van der Waals surface area contributed by atoms with Crippen LogP contribution in [0.25, 0.3) is 0 Å². The molecule has 0 bridgehead atoms. The molecule has 0 N–H and O–H groups in total. The third-order valence-corrected chi connectivity index (χ3v) is 6.69. The van der Waals surface area contributed by atoms with E-state index >= 15 is 0 Å². The highest BCUT2D eigenvalue weighted by Crippen LogP contribution is 2.39. The van der Waals surface area contributed by atoms with E-state index in [4.69, 9.17) is 33.2 Å². The minimum atomic E-state index is -0.634. The van der Waals surface area contributed by atoms with Gasteiger partial charge in [0.1, 0.15) is 42.0 Å². The predicted molar refractivity (Wildman–Crippen MR) is 129 cm³/mol. The van der Waals surface area contributed by atoms with Crippen molar-refractivity contribution < 1.29 is 33.2 Å². The molecule has 7 heteroatoms. The summed E-state index contributed by atoms with van der Waals surface area (Å²) in [5.74, 6) is 0.707. The van der Waals surface area contributed by atoms with E-state index in [0.717, 1.165) is 16.9 Å². The Morgan fingerprint density at radius 1 is 0.886 bits per heavy atom. The first kappa shape index (κ1) is 24.3. The van der Waals surface area contributed by atoms with Gasteiger partial charge >= 0.3 is 0 Å². The van der Waals surface area contributed by atoms with Crippen LogP contribution in [-0.4, -0.2) is 56.1 Å². The second-order valence-electron chi connectivity index (χ2n) is 9.71. The van der Waals surface area contributed by atoms with Gasteiger partial charge < -0.3 is 33.2 Å². The van der Waals surface area contributed by atoms with Gasteiger partial charge in [-0.3, -0.25) is 0 Å². The second-order valence-corrected chi connectivity index (χ2v) is 9.71. The number of benzene rings is 2. The Morgan fingerprint density at radius 2 is 1.57 bits per heavy atom. The van der Waals surface area contributed by atoms with E-state index in [-0.39, 0.29) is 24.4 Å². The van der Waals surface area contributed by atoms with Crippen LogP contribution in [0.4, 0.5) is 0 Å². The van der Waals surface area contributed by atoms with Crippen LogP contribution in [0.15, 0.2) is 66.9 Å². The van der Waals surface area contributed by atoms with Gasteiger partial charge in [-0.05, 0) is 37.1 Å². The van der Waals surface area contributed by atoms with Crippen LogP contribution in [0.1, 0.15) is 31.4 Å². The summed E-state index contributed by atoms with van der Waals surface area (Å²) >= 11 is 0. The first-order chi connectivity index (χ1) is 16.9. The molecule has 35 heavy (non-hydrogen) atoms. The van der Waals surface area contributed by atoms with Crippen molar-refractivity contribution in [2.75, 3.05) is 13.7 Å². The molecule has 3 heterocycles. The van der Waals surface area contributed by atoms with Gasteiger partial charge in [-0.15, -0.1) is 0 Å². The molecule has 0 unspecified atom stereocenters. The lowest BCUT2D eigenvalue weighted by Crippen LogP contribution is -2.54. The molecule has 0 saturated carbocycles. The number of ether oxygens (including phenoxy) is 7. The van der Waals surface area contributed by atoms with Crippen LogP contribution in [0, 0.1) is 0 Å². The topological polar surface area (TPSA) is 64.6 Å². The molecule has 0 amide bonds. The molecule has 7 nitrogen and oxygen atoms in total. The molecule has 188 valence electrons. The quantitative estimate of drug-likeness (QED) is 0.580. The van der Waals surface area contributed by atoms with E-state index in [1.807, 2.05) is 68.4 Å². The Balaban J connectivity index is 1.34. The first-order valence-corrected chi connectivity index (χ1v) is 12.1. The van der Waals surface area contributed by atoms with Gasteiger partial charge in [-0.2, -0.15) is 0 Å². The van der Waals surface area contributed by atoms with E-state index in [2.05, 4.69) is 6.58 Å². The lowest BCUT2D eigenvalue weighted by Gasteiger charge is -2.43. The van der Waals surface area contributed by atoms with Gasteiger partial charge in [0.25, 0.3) is 0 Å². The van der Waals surface area contributed by atoms with E-state index in [1.54, 1.807) is 7.11 Å². The lowest BCUT2D eigenvalue weighted by molar-refractivity contribution is -0.221. The summed E-state index contributed by atoms with van der Waals surface area (Å²) in [5, 5.41) is 0. The van der Waals surface area contributed by atoms with Crippen LogP contribution in [-0.2, 0) is 41.6 Å². The predicted octanol–water partition coefficient (Wildman–Crippen LogP) is 4.39. The van der Waals surface area contributed by atoms with Gasteiger partial charge in [0.15, 0.2) is 5.79 Å². The lowest BCUT2D eigenvalue weighted by atomic mass is 9.94. The third-order valence-electron chi connectivity index (χ3n) is 6.69. The highest BCUT2D eigenvalue weighted by molar-refractivity contribution is 5.27. The molecule has 6 atom stereocenters. The minimum absolute atomic E-state index is 0.112. The van der Waals surface area contributed by atoms with Gasteiger partial charge in [0.2, 0.25) is 0 Å². The molecule has 2 aromatic rings. The number of rotatable bonds is 7. The molecule has 0 spiro atoms. The van der Waals surface area contributed by atoms with Gasteiger partial charge in [-0.1, -0.05) is 49.0 Å². The standard InChI is InChI=1S/C28H34O7/c1-18-25(30-16-20-10-12-21(29-4)13-11-20)27(31-15-19-8-6-5-7-9-19)26-23(33-18)14-22-24(17-32-26)35-28(2,3)34-22/h5-13,22-27H,1,14-17H2,2-4H3/t22-,23-,24+,25+,26-,27-/m0/s1. The summed E-state index contributed by atoms with van der Waals surface area (Å²) < 4.78 is 42.9. The molecule has 5 rings (SSSR count). The van der Waals surface area contributed by atoms with E-state index in [1.165, 1.54) is 0 Å². The summed E-state index contributed by atoms with van der Waals surface area (Å²) in [6.07, 6.45) is -1.12. The molecule has 2 aromatic carbocycles. The summed E-state index contributed by atoms with van der Waals surface area (Å²) in [4.78, 5) is 0. The Bertz CT molecular complexity index is 990. The maximum atomic E-state index is 6.47. The maximum Gasteiger partial charge on any atom is 0.163 e. The van der Waals surface area contributed by atoms with Crippen molar-refractivity contribution in [1.82, 2.24) is 0 Å². The average molecular weight is 483 g/mol. The molecule has 3 aliphatic heterocycles. The van der Waals surface area contributed by atoms with Gasteiger partial charge in [0.05, 0.1) is 33.0 Å². The van der Waals surface area contributed by atoms with Crippen molar-refractivity contribution in [3.05, 3.63) is 78.1 Å². The highest BCUT2D eigenvalue weighted by atomic mass is 16.8. The Morgan fingerprint density at radius 3 is 2.31 bits per heavy atom. The molecular formula is C28H34O7. The van der Waals surface area contributed by atoms with E-state index in [9.17, 15) is 0 Å². The van der Waals surface area contributed by atoms with Crippen LogP contribution in [0.3, 0.4) is 0 Å². The monoisotopic (exact) mass is 482 g/mol. The first-order valence-electron chi connectivity index (χ1n) is 12.1.